The Kier molecular flexibility index (Phi) is 4.18. The number of rotatable bonds is 2. The Labute approximate surface area is 197 Å². The first-order valence-electron chi connectivity index (χ1n) is 11.5. The van der Waals surface area contributed by atoms with Gasteiger partial charge in [-0.3, -0.25) is 9.97 Å². The van der Waals surface area contributed by atoms with Crippen LogP contribution in [0.15, 0.2) is 122 Å². The van der Waals surface area contributed by atoms with Gasteiger partial charge in [0.2, 0.25) is 0 Å². The molecule has 0 saturated heterocycles. The van der Waals surface area contributed by atoms with Crippen LogP contribution in [0.25, 0.3) is 65.3 Å². The van der Waals surface area contributed by atoms with Crippen molar-refractivity contribution in [1.82, 2.24) is 9.97 Å². The summed E-state index contributed by atoms with van der Waals surface area (Å²) in [6, 6.07) is 34.9. The van der Waals surface area contributed by atoms with Gasteiger partial charge in [-0.25, -0.2) is 0 Å². The van der Waals surface area contributed by atoms with E-state index >= 15 is 0 Å². The van der Waals surface area contributed by atoms with Gasteiger partial charge in [0.15, 0.2) is 0 Å². The summed E-state index contributed by atoms with van der Waals surface area (Å²) < 4.78 is 0. The SMILES string of the molecule is c1cc(-c2c3ccccc3c(-c3cccc4cnccc34)c3ccccc23)c2ccncc2c1. The second kappa shape index (κ2) is 7.50. The maximum absolute atomic E-state index is 4.35. The zero-order valence-corrected chi connectivity index (χ0v) is 18.4. The van der Waals surface area contributed by atoms with Crippen molar-refractivity contribution in [2.75, 3.05) is 0 Å². The van der Waals surface area contributed by atoms with Crippen LogP contribution in [-0.2, 0) is 0 Å². The molecular weight excluding hydrogens is 412 g/mol. The van der Waals surface area contributed by atoms with Gasteiger partial charge in [0.25, 0.3) is 0 Å². The van der Waals surface area contributed by atoms with E-state index in [0.717, 1.165) is 10.8 Å². The number of aromatic nitrogens is 2. The van der Waals surface area contributed by atoms with Gasteiger partial charge in [0, 0.05) is 35.6 Å². The van der Waals surface area contributed by atoms with Crippen LogP contribution in [0.1, 0.15) is 0 Å². The lowest BCUT2D eigenvalue weighted by Gasteiger charge is -2.19. The Bertz CT molecular complexity index is 1660. The molecule has 0 fully saturated rings. The number of benzene rings is 5. The predicted octanol–water partition coefficient (Wildman–Crippen LogP) is 8.42. The molecule has 158 valence electrons. The highest BCUT2D eigenvalue weighted by molar-refractivity contribution is 6.25. The highest BCUT2D eigenvalue weighted by atomic mass is 14.6. The van der Waals surface area contributed by atoms with E-state index in [1.807, 2.05) is 24.8 Å². The van der Waals surface area contributed by atoms with E-state index in [2.05, 4.69) is 107 Å². The number of fused-ring (bicyclic) bond motifs is 4. The van der Waals surface area contributed by atoms with Crippen molar-refractivity contribution in [2.45, 2.75) is 0 Å². The molecule has 0 amide bonds. The molecule has 7 rings (SSSR count). The number of hydrogen-bond acceptors (Lipinski definition) is 2. The molecule has 0 bridgehead atoms. The van der Waals surface area contributed by atoms with Gasteiger partial charge in [-0.2, -0.15) is 0 Å². The number of pyridine rings is 2. The molecule has 2 heteroatoms. The van der Waals surface area contributed by atoms with Gasteiger partial charge < -0.3 is 0 Å². The maximum Gasteiger partial charge on any atom is 0.0346 e. The number of hydrogen-bond donors (Lipinski definition) is 0. The predicted molar refractivity (Wildman–Crippen MR) is 143 cm³/mol. The van der Waals surface area contributed by atoms with Gasteiger partial charge in [-0.15, -0.1) is 0 Å². The van der Waals surface area contributed by atoms with Crippen LogP contribution < -0.4 is 0 Å². The Hall–Kier alpha value is -4.56. The molecule has 0 N–H and O–H groups in total. The first-order valence-corrected chi connectivity index (χ1v) is 11.5. The van der Waals surface area contributed by atoms with Gasteiger partial charge in [-0.1, -0.05) is 84.9 Å². The fourth-order valence-corrected chi connectivity index (χ4v) is 5.39. The van der Waals surface area contributed by atoms with Crippen LogP contribution in [0.5, 0.6) is 0 Å². The molecule has 0 aliphatic carbocycles. The van der Waals surface area contributed by atoms with E-state index < -0.39 is 0 Å². The van der Waals surface area contributed by atoms with Crippen molar-refractivity contribution in [3.8, 4) is 22.3 Å². The van der Waals surface area contributed by atoms with E-state index in [0.29, 0.717) is 0 Å². The maximum atomic E-state index is 4.35. The molecule has 0 aliphatic heterocycles. The van der Waals surface area contributed by atoms with E-state index in [-0.39, 0.29) is 0 Å². The topological polar surface area (TPSA) is 25.8 Å². The molecule has 0 aliphatic rings. The van der Waals surface area contributed by atoms with Crippen LogP contribution in [0.4, 0.5) is 0 Å². The van der Waals surface area contributed by atoms with Gasteiger partial charge in [0.1, 0.15) is 0 Å². The van der Waals surface area contributed by atoms with E-state index in [1.54, 1.807) is 0 Å². The second-order valence-electron chi connectivity index (χ2n) is 8.65. The standard InChI is InChI=1S/C32H20N2/c1-2-10-28-27(9-1)31(25-13-5-7-21-19-33-17-15-23(21)25)29-11-3-4-12-30(29)32(28)26-14-6-8-22-20-34-18-16-24(22)26/h1-20H. The number of nitrogens with zero attached hydrogens (tertiary/aromatic N) is 2. The summed E-state index contributed by atoms with van der Waals surface area (Å²) in [5.41, 5.74) is 5.02. The Morgan fingerprint density at radius 2 is 0.765 bits per heavy atom. The summed E-state index contributed by atoms with van der Waals surface area (Å²) in [4.78, 5) is 8.70. The normalized spacial score (nSPS) is 11.5. The molecule has 2 aromatic heterocycles. The Balaban J connectivity index is 1.70. The minimum absolute atomic E-state index is 1.15. The fourth-order valence-electron chi connectivity index (χ4n) is 5.39. The van der Waals surface area contributed by atoms with Crippen LogP contribution >= 0.6 is 0 Å². The van der Waals surface area contributed by atoms with E-state index in [4.69, 9.17) is 0 Å². The summed E-state index contributed by atoms with van der Waals surface area (Å²) in [6.07, 6.45) is 7.66. The largest absolute Gasteiger partial charge is 0.264 e. The molecule has 0 atom stereocenters. The van der Waals surface area contributed by atoms with Crippen LogP contribution in [-0.4, -0.2) is 9.97 Å². The zero-order valence-electron chi connectivity index (χ0n) is 18.4. The summed E-state index contributed by atoms with van der Waals surface area (Å²) >= 11 is 0. The minimum Gasteiger partial charge on any atom is -0.264 e. The molecular formula is C32H20N2. The minimum atomic E-state index is 1.15. The third kappa shape index (κ3) is 2.76. The molecule has 2 heterocycles. The van der Waals surface area contributed by atoms with Crippen LogP contribution in [0, 0.1) is 0 Å². The second-order valence-corrected chi connectivity index (χ2v) is 8.65. The lowest BCUT2D eigenvalue weighted by Crippen LogP contribution is -1.92. The summed E-state index contributed by atoms with van der Waals surface area (Å²) in [7, 11) is 0. The average molecular weight is 433 g/mol. The van der Waals surface area contributed by atoms with E-state index in [1.165, 1.54) is 54.6 Å². The average Bonchev–Trinajstić information content (AvgIpc) is 2.91. The molecule has 2 nitrogen and oxygen atoms in total. The molecule has 0 radical (unpaired) electrons. The summed E-state index contributed by atoms with van der Waals surface area (Å²) in [5, 5.41) is 9.77. The highest BCUT2D eigenvalue weighted by Gasteiger charge is 2.18. The monoisotopic (exact) mass is 432 g/mol. The lowest BCUT2D eigenvalue weighted by atomic mass is 9.84. The Morgan fingerprint density at radius 1 is 0.353 bits per heavy atom. The fraction of sp³-hybridized carbons (Fsp3) is 0. The lowest BCUT2D eigenvalue weighted by molar-refractivity contribution is 1.36. The quantitative estimate of drug-likeness (QED) is 0.256. The first kappa shape index (κ1) is 19.0. The van der Waals surface area contributed by atoms with Gasteiger partial charge >= 0.3 is 0 Å². The highest BCUT2D eigenvalue weighted by Crippen LogP contribution is 2.46. The molecule has 7 aromatic rings. The third-order valence-corrected chi connectivity index (χ3v) is 6.83. The smallest absolute Gasteiger partial charge is 0.0346 e. The van der Waals surface area contributed by atoms with Crippen molar-refractivity contribution in [3.05, 3.63) is 122 Å². The van der Waals surface area contributed by atoms with Crippen molar-refractivity contribution >= 4 is 43.1 Å². The first-order chi connectivity index (χ1) is 16.9. The van der Waals surface area contributed by atoms with E-state index in [9.17, 15) is 0 Å². The van der Waals surface area contributed by atoms with Gasteiger partial charge in [-0.05, 0) is 66.7 Å². The van der Waals surface area contributed by atoms with Crippen molar-refractivity contribution in [1.29, 1.82) is 0 Å². The molecule has 0 saturated carbocycles. The Morgan fingerprint density at radius 3 is 1.18 bits per heavy atom. The van der Waals surface area contributed by atoms with Crippen molar-refractivity contribution in [3.63, 3.8) is 0 Å². The van der Waals surface area contributed by atoms with Gasteiger partial charge in [0.05, 0.1) is 0 Å². The van der Waals surface area contributed by atoms with Crippen molar-refractivity contribution in [2.24, 2.45) is 0 Å². The molecule has 34 heavy (non-hydrogen) atoms. The summed E-state index contributed by atoms with van der Waals surface area (Å²) in [6.45, 7) is 0. The van der Waals surface area contributed by atoms with Crippen LogP contribution in [0.3, 0.4) is 0 Å². The molecule has 0 spiro atoms. The van der Waals surface area contributed by atoms with Crippen molar-refractivity contribution < 1.29 is 0 Å². The zero-order chi connectivity index (χ0) is 22.5. The summed E-state index contributed by atoms with van der Waals surface area (Å²) in [5.74, 6) is 0. The molecule has 5 aromatic carbocycles. The van der Waals surface area contributed by atoms with Crippen LogP contribution in [0.2, 0.25) is 0 Å². The third-order valence-electron chi connectivity index (χ3n) is 6.83. The molecule has 0 unspecified atom stereocenters.